The van der Waals surface area contributed by atoms with Gasteiger partial charge in [-0.3, -0.25) is 4.79 Å². The monoisotopic (exact) mass is 384 g/mol. The number of hydrogen-bond acceptors (Lipinski definition) is 3. The molecule has 0 atom stereocenters. The van der Waals surface area contributed by atoms with Crippen LogP contribution in [-0.4, -0.2) is 61.1 Å². The summed E-state index contributed by atoms with van der Waals surface area (Å²) in [5.74, 6) is 0.370. The van der Waals surface area contributed by atoms with Crippen LogP contribution in [0, 0.1) is 6.92 Å². The fraction of sp³-hybridized carbons (Fsp3) is 0.708. The summed E-state index contributed by atoms with van der Waals surface area (Å²) in [6.45, 7) is 8.22. The van der Waals surface area contributed by atoms with Crippen LogP contribution in [0.3, 0.4) is 0 Å². The van der Waals surface area contributed by atoms with E-state index < -0.39 is 0 Å². The van der Waals surface area contributed by atoms with Gasteiger partial charge in [-0.2, -0.15) is 0 Å². The number of hydrogen-bond donors (Lipinski definition) is 0. The Hall–Kier alpha value is -1.39. The molecule has 154 valence electrons. The summed E-state index contributed by atoms with van der Waals surface area (Å²) in [6, 6.07) is 8.52. The first kappa shape index (κ1) is 19.9. The Kier molecular flexibility index (Phi) is 6.37. The zero-order valence-corrected chi connectivity index (χ0v) is 17.5. The molecule has 2 aliphatic heterocycles. The van der Waals surface area contributed by atoms with Crippen molar-refractivity contribution < 1.29 is 9.53 Å². The third kappa shape index (κ3) is 4.13. The largest absolute Gasteiger partial charge is 0.377 e. The van der Waals surface area contributed by atoms with E-state index in [1.54, 1.807) is 0 Å². The molecule has 4 rings (SSSR count). The van der Waals surface area contributed by atoms with Gasteiger partial charge in [0.2, 0.25) is 5.91 Å². The Morgan fingerprint density at radius 3 is 2.39 bits per heavy atom. The summed E-state index contributed by atoms with van der Waals surface area (Å²) < 4.78 is 6.15. The van der Waals surface area contributed by atoms with E-state index in [-0.39, 0.29) is 5.41 Å². The van der Waals surface area contributed by atoms with Crippen molar-refractivity contribution in [2.45, 2.75) is 69.8 Å². The van der Waals surface area contributed by atoms with Crippen molar-refractivity contribution in [3.05, 3.63) is 35.4 Å². The third-order valence-corrected chi connectivity index (χ3v) is 7.22. The number of rotatable bonds is 6. The predicted molar refractivity (Wildman–Crippen MR) is 113 cm³/mol. The van der Waals surface area contributed by atoms with Crippen LogP contribution in [-0.2, 0) is 14.9 Å². The van der Waals surface area contributed by atoms with E-state index in [4.69, 9.17) is 4.74 Å². The lowest BCUT2D eigenvalue weighted by Gasteiger charge is -2.39. The molecule has 0 unspecified atom stereocenters. The quantitative estimate of drug-likeness (QED) is 0.745. The van der Waals surface area contributed by atoms with Gasteiger partial charge in [-0.25, -0.2) is 0 Å². The molecular formula is C24H36N2O2. The second-order valence-corrected chi connectivity index (χ2v) is 9.02. The van der Waals surface area contributed by atoms with E-state index in [0.717, 1.165) is 64.8 Å². The minimum absolute atomic E-state index is 0.283. The standard InChI is InChI=1S/C24H36N2O2/c1-20-8-2-3-9-22(20)24(12-4-5-13-24)23(27)26-16-10-21(11-17-26)28-19-18-25-14-6-7-15-25/h2-3,8-9,21H,4-7,10-19H2,1H3. The number of ether oxygens (including phenoxy) is 1. The highest BCUT2D eigenvalue weighted by Gasteiger charge is 2.46. The smallest absolute Gasteiger partial charge is 0.233 e. The number of carbonyl (C=O) groups is 1. The van der Waals surface area contributed by atoms with Gasteiger partial charge in [0.1, 0.15) is 0 Å². The van der Waals surface area contributed by atoms with Crippen LogP contribution in [0.25, 0.3) is 0 Å². The maximum absolute atomic E-state index is 13.6. The Morgan fingerprint density at radius 1 is 1.04 bits per heavy atom. The highest BCUT2D eigenvalue weighted by atomic mass is 16.5. The maximum atomic E-state index is 13.6. The van der Waals surface area contributed by atoms with Gasteiger partial charge in [-0.05, 0) is 69.7 Å². The zero-order valence-electron chi connectivity index (χ0n) is 17.5. The first-order chi connectivity index (χ1) is 13.7. The van der Waals surface area contributed by atoms with E-state index in [9.17, 15) is 4.79 Å². The number of carbonyl (C=O) groups excluding carboxylic acids is 1. The van der Waals surface area contributed by atoms with Crippen LogP contribution in [0.1, 0.15) is 62.5 Å². The molecule has 3 fully saturated rings. The van der Waals surface area contributed by atoms with Crippen LogP contribution in [0.2, 0.25) is 0 Å². The molecule has 1 saturated carbocycles. The average Bonchev–Trinajstić information content (AvgIpc) is 3.41. The Bertz CT molecular complexity index is 654. The van der Waals surface area contributed by atoms with Crippen molar-refractivity contribution in [2.24, 2.45) is 0 Å². The first-order valence-electron chi connectivity index (χ1n) is 11.4. The molecule has 0 radical (unpaired) electrons. The van der Waals surface area contributed by atoms with E-state index in [1.807, 2.05) is 0 Å². The van der Waals surface area contributed by atoms with Gasteiger partial charge in [0.05, 0.1) is 18.1 Å². The predicted octanol–water partition coefficient (Wildman–Crippen LogP) is 3.91. The van der Waals surface area contributed by atoms with Gasteiger partial charge in [0.15, 0.2) is 0 Å². The molecule has 2 heterocycles. The highest BCUT2D eigenvalue weighted by molar-refractivity contribution is 5.89. The summed E-state index contributed by atoms with van der Waals surface area (Å²) in [7, 11) is 0. The first-order valence-corrected chi connectivity index (χ1v) is 11.4. The Balaban J connectivity index is 1.33. The third-order valence-electron chi connectivity index (χ3n) is 7.22. The molecule has 4 heteroatoms. The zero-order chi connectivity index (χ0) is 19.4. The molecule has 0 aromatic heterocycles. The van der Waals surface area contributed by atoms with Crippen LogP contribution in [0.4, 0.5) is 0 Å². The summed E-state index contributed by atoms with van der Waals surface area (Å²) in [6.07, 6.45) is 9.29. The SMILES string of the molecule is Cc1ccccc1C1(C(=O)N2CCC(OCCN3CCCC3)CC2)CCCC1. The Labute approximate surface area is 170 Å². The molecule has 3 aliphatic rings. The summed E-state index contributed by atoms with van der Waals surface area (Å²) in [5.41, 5.74) is 2.24. The number of aryl methyl sites for hydroxylation is 1. The van der Waals surface area contributed by atoms with E-state index in [2.05, 4.69) is 41.0 Å². The molecule has 2 saturated heterocycles. The van der Waals surface area contributed by atoms with Crippen molar-refractivity contribution >= 4 is 5.91 Å². The van der Waals surface area contributed by atoms with E-state index in [1.165, 1.54) is 37.1 Å². The molecule has 1 aromatic rings. The minimum atomic E-state index is -0.283. The topological polar surface area (TPSA) is 32.8 Å². The van der Waals surface area contributed by atoms with Crippen LogP contribution in [0.15, 0.2) is 24.3 Å². The summed E-state index contributed by atoms with van der Waals surface area (Å²) in [4.78, 5) is 18.3. The van der Waals surface area contributed by atoms with Gasteiger partial charge in [0.25, 0.3) is 0 Å². The molecule has 1 amide bonds. The van der Waals surface area contributed by atoms with Crippen LogP contribution >= 0.6 is 0 Å². The van der Waals surface area contributed by atoms with Crippen molar-refractivity contribution in [2.75, 3.05) is 39.3 Å². The second-order valence-electron chi connectivity index (χ2n) is 9.02. The fourth-order valence-electron chi connectivity index (χ4n) is 5.57. The van der Waals surface area contributed by atoms with Crippen molar-refractivity contribution in [3.8, 4) is 0 Å². The van der Waals surface area contributed by atoms with Crippen molar-refractivity contribution in [1.82, 2.24) is 9.80 Å². The molecule has 28 heavy (non-hydrogen) atoms. The normalized spacial score (nSPS) is 23.4. The number of benzene rings is 1. The van der Waals surface area contributed by atoms with Gasteiger partial charge < -0.3 is 14.5 Å². The van der Waals surface area contributed by atoms with Crippen LogP contribution < -0.4 is 0 Å². The summed E-state index contributed by atoms with van der Waals surface area (Å²) >= 11 is 0. The molecule has 1 aromatic carbocycles. The minimum Gasteiger partial charge on any atom is -0.377 e. The summed E-state index contributed by atoms with van der Waals surface area (Å²) in [5, 5.41) is 0. The molecule has 4 nitrogen and oxygen atoms in total. The second kappa shape index (κ2) is 8.96. The van der Waals surface area contributed by atoms with E-state index in [0.29, 0.717) is 12.0 Å². The molecule has 0 bridgehead atoms. The van der Waals surface area contributed by atoms with Gasteiger partial charge in [-0.1, -0.05) is 37.1 Å². The Morgan fingerprint density at radius 2 is 1.71 bits per heavy atom. The lowest BCUT2D eigenvalue weighted by atomic mass is 9.75. The molecule has 0 spiro atoms. The average molecular weight is 385 g/mol. The molecule has 1 aliphatic carbocycles. The van der Waals surface area contributed by atoms with Gasteiger partial charge in [0, 0.05) is 19.6 Å². The number of amides is 1. The fourth-order valence-corrected chi connectivity index (χ4v) is 5.57. The number of piperidine rings is 1. The van der Waals surface area contributed by atoms with Gasteiger partial charge >= 0.3 is 0 Å². The maximum Gasteiger partial charge on any atom is 0.233 e. The highest BCUT2D eigenvalue weighted by Crippen LogP contribution is 2.44. The van der Waals surface area contributed by atoms with Gasteiger partial charge in [-0.15, -0.1) is 0 Å². The molecule has 0 N–H and O–H groups in total. The lowest BCUT2D eigenvalue weighted by Crippen LogP contribution is -2.50. The van der Waals surface area contributed by atoms with Crippen molar-refractivity contribution in [3.63, 3.8) is 0 Å². The van der Waals surface area contributed by atoms with E-state index >= 15 is 0 Å². The van der Waals surface area contributed by atoms with Crippen molar-refractivity contribution in [1.29, 1.82) is 0 Å². The van der Waals surface area contributed by atoms with Crippen LogP contribution in [0.5, 0.6) is 0 Å². The lowest BCUT2D eigenvalue weighted by molar-refractivity contribution is -0.140. The number of nitrogens with zero attached hydrogens (tertiary/aromatic N) is 2. The number of likely N-dealkylation sites (tertiary alicyclic amines) is 2. The molecular weight excluding hydrogens is 348 g/mol.